The minimum absolute atomic E-state index is 0.340. The third-order valence-corrected chi connectivity index (χ3v) is 2.55. The molecule has 0 aliphatic carbocycles. The Morgan fingerprint density at radius 3 is 2.95 bits per heavy atom. The average molecular weight is 252 g/mol. The maximum atomic E-state index is 5.15. The predicted octanol–water partition coefficient (Wildman–Crippen LogP) is 2.59. The minimum Gasteiger partial charge on any atom is -0.365 e. The Morgan fingerprint density at radius 1 is 1.32 bits per heavy atom. The van der Waals surface area contributed by atoms with Gasteiger partial charge in [-0.25, -0.2) is 4.98 Å². The Bertz CT molecular complexity index is 564. The van der Waals surface area contributed by atoms with Crippen LogP contribution >= 0.6 is 0 Å². The van der Waals surface area contributed by atoms with Gasteiger partial charge in [0.05, 0.1) is 18.6 Å². The van der Waals surface area contributed by atoms with E-state index >= 15 is 0 Å². The molecule has 3 nitrogen and oxygen atoms in total. The number of ether oxygens (including phenoxy) is 1. The number of imidazole rings is 1. The van der Waals surface area contributed by atoms with Gasteiger partial charge in [-0.3, -0.25) is 0 Å². The first-order chi connectivity index (χ1) is 9.38. The first-order valence-electron chi connectivity index (χ1n) is 6.12. The van der Waals surface area contributed by atoms with Crippen LogP contribution < -0.4 is 0 Å². The van der Waals surface area contributed by atoms with Gasteiger partial charge in [-0.2, -0.15) is 0 Å². The summed E-state index contributed by atoms with van der Waals surface area (Å²) < 4.78 is 7.20. The first kappa shape index (κ1) is 13.1. The van der Waals surface area contributed by atoms with Crippen LogP contribution in [0.3, 0.4) is 0 Å². The molecule has 0 saturated carbocycles. The van der Waals surface area contributed by atoms with Gasteiger partial charge >= 0.3 is 0 Å². The lowest BCUT2D eigenvalue weighted by atomic mass is 10.2. The molecule has 0 saturated heterocycles. The van der Waals surface area contributed by atoms with Gasteiger partial charge < -0.3 is 9.30 Å². The number of hydrogen-bond acceptors (Lipinski definition) is 2. The molecule has 0 N–H and O–H groups in total. The summed E-state index contributed by atoms with van der Waals surface area (Å²) in [7, 11) is 0. The molecule has 0 spiro atoms. The third-order valence-electron chi connectivity index (χ3n) is 2.55. The van der Waals surface area contributed by atoms with Crippen molar-refractivity contribution in [2.24, 2.45) is 0 Å². The molecule has 0 aliphatic heterocycles. The van der Waals surface area contributed by atoms with Gasteiger partial charge in [0.15, 0.2) is 0 Å². The fraction of sp³-hybridized carbons (Fsp3) is 0.188. The summed E-state index contributed by atoms with van der Waals surface area (Å²) in [5.41, 5.74) is 2.17. The SMILES string of the molecule is C#CCOC/C=C/c1cn(Cc2ccccc2)cn1. The summed E-state index contributed by atoms with van der Waals surface area (Å²) in [6.07, 6.45) is 12.8. The zero-order valence-electron chi connectivity index (χ0n) is 10.7. The van der Waals surface area contributed by atoms with Crippen LogP contribution in [0.1, 0.15) is 11.3 Å². The van der Waals surface area contributed by atoms with E-state index in [9.17, 15) is 0 Å². The van der Waals surface area contributed by atoms with Crippen LogP contribution in [0.25, 0.3) is 6.08 Å². The Kier molecular flexibility index (Phi) is 4.97. The Morgan fingerprint density at radius 2 is 2.16 bits per heavy atom. The summed E-state index contributed by atoms with van der Waals surface area (Å²) in [5, 5.41) is 0. The summed E-state index contributed by atoms with van der Waals surface area (Å²) in [5.74, 6) is 2.42. The molecule has 0 amide bonds. The van der Waals surface area contributed by atoms with E-state index in [1.165, 1.54) is 5.56 Å². The van der Waals surface area contributed by atoms with Gasteiger partial charge in [0.1, 0.15) is 6.61 Å². The highest BCUT2D eigenvalue weighted by Crippen LogP contribution is 2.04. The number of rotatable bonds is 6. The fourth-order valence-corrected chi connectivity index (χ4v) is 1.70. The predicted molar refractivity (Wildman–Crippen MR) is 76.5 cm³/mol. The average Bonchev–Trinajstić information content (AvgIpc) is 2.87. The molecular weight excluding hydrogens is 236 g/mol. The van der Waals surface area contributed by atoms with E-state index in [0.29, 0.717) is 13.2 Å². The van der Waals surface area contributed by atoms with E-state index in [1.54, 1.807) is 0 Å². The van der Waals surface area contributed by atoms with Gasteiger partial charge in [0.2, 0.25) is 0 Å². The molecule has 2 aromatic rings. The van der Waals surface area contributed by atoms with Crippen LogP contribution in [-0.2, 0) is 11.3 Å². The second kappa shape index (κ2) is 7.20. The topological polar surface area (TPSA) is 27.1 Å². The van der Waals surface area contributed by atoms with Gasteiger partial charge in [0.25, 0.3) is 0 Å². The minimum atomic E-state index is 0.340. The smallest absolute Gasteiger partial charge is 0.107 e. The third kappa shape index (κ3) is 4.46. The van der Waals surface area contributed by atoms with Crippen LogP contribution in [0.5, 0.6) is 0 Å². The first-order valence-corrected chi connectivity index (χ1v) is 6.12. The lowest BCUT2D eigenvalue weighted by molar-refractivity contribution is 0.200. The van der Waals surface area contributed by atoms with Crippen molar-refractivity contribution in [3.63, 3.8) is 0 Å². The van der Waals surface area contributed by atoms with E-state index in [0.717, 1.165) is 12.2 Å². The fourth-order valence-electron chi connectivity index (χ4n) is 1.70. The molecule has 0 aliphatic rings. The number of nitrogens with zero attached hydrogens (tertiary/aromatic N) is 2. The molecule has 19 heavy (non-hydrogen) atoms. The summed E-state index contributed by atoms with van der Waals surface area (Å²) in [6, 6.07) is 10.3. The molecule has 2 rings (SSSR count). The van der Waals surface area contributed by atoms with Crippen molar-refractivity contribution in [3.8, 4) is 12.3 Å². The molecule has 1 aromatic carbocycles. The van der Waals surface area contributed by atoms with E-state index in [1.807, 2.05) is 42.9 Å². The lowest BCUT2D eigenvalue weighted by Crippen LogP contribution is -1.95. The summed E-state index contributed by atoms with van der Waals surface area (Å²) in [4.78, 5) is 4.31. The number of hydrogen-bond donors (Lipinski definition) is 0. The highest BCUT2D eigenvalue weighted by Gasteiger charge is 1.96. The van der Waals surface area contributed by atoms with Crippen molar-refractivity contribution in [2.45, 2.75) is 6.54 Å². The largest absolute Gasteiger partial charge is 0.365 e. The molecular formula is C16H16N2O. The van der Waals surface area contributed by atoms with Gasteiger partial charge in [0, 0.05) is 12.7 Å². The van der Waals surface area contributed by atoms with Crippen LogP contribution in [0.2, 0.25) is 0 Å². The van der Waals surface area contributed by atoms with Crippen LogP contribution in [0, 0.1) is 12.3 Å². The van der Waals surface area contributed by atoms with Crippen molar-refractivity contribution in [1.29, 1.82) is 0 Å². The van der Waals surface area contributed by atoms with E-state index in [-0.39, 0.29) is 0 Å². The normalized spacial score (nSPS) is 10.7. The molecule has 3 heteroatoms. The van der Waals surface area contributed by atoms with Crippen LogP contribution in [0.15, 0.2) is 48.9 Å². The van der Waals surface area contributed by atoms with Gasteiger partial charge in [-0.05, 0) is 11.6 Å². The van der Waals surface area contributed by atoms with Crippen molar-refractivity contribution in [2.75, 3.05) is 13.2 Å². The maximum absolute atomic E-state index is 5.15. The highest BCUT2D eigenvalue weighted by atomic mass is 16.5. The molecule has 1 heterocycles. The van der Waals surface area contributed by atoms with E-state index in [2.05, 4.69) is 27.6 Å². The zero-order valence-corrected chi connectivity index (χ0v) is 10.7. The molecule has 0 bridgehead atoms. The second-order valence-electron chi connectivity index (χ2n) is 4.08. The monoisotopic (exact) mass is 252 g/mol. The molecule has 1 aromatic heterocycles. The summed E-state index contributed by atoms with van der Waals surface area (Å²) >= 11 is 0. The number of benzene rings is 1. The highest BCUT2D eigenvalue weighted by molar-refractivity contribution is 5.43. The second-order valence-corrected chi connectivity index (χ2v) is 4.08. The quantitative estimate of drug-likeness (QED) is 0.583. The van der Waals surface area contributed by atoms with Crippen molar-refractivity contribution in [3.05, 3.63) is 60.2 Å². The Hall–Kier alpha value is -2.31. The van der Waals surface area contributed by atoms with E-state index in [4.69, 9.17) is 11.2 Å². The number of terminal acetylenes is 1. The Labute approximate surface area is 113 Å². The van der Waals surface area contributed by atoms with Crippen LogP contribution in [0.4, 0.5) is 0 Å². The zero-order chi connectivity index (χ0) is 13.3. The summed E-state index contributed by atoms with van der Waals surface area (Å²) in [6.45, 7) is 1.68. The Balaban J connectivity index is 1.87. The van der Waals surface area contributed by atoms with Crippen molar-refractivity contribution in [1.82, 2.24) is 9.55 Å². The molecule has 96 valence electrons. The molecule has 0 radical (unpaired) electrons. The molecule has 0 unspecified atom stereocenters. The molecule has 0 fully saturated rings. The van der Waals surface area contributed by atoms with Crippen LogP contribution in [-0.4, -0.2) is 22.8 Å². The van der Waals surface area contributed by atoms with Gasteiger partial charge in [-0.1, -0.05) is 42.3 Å². The van der Waals surface area contributed by atoms with E-state index < -0.39 is 0 Å². The van der Waals surface area contributed by atoms with Crippen molar-refractivity contribution < 1.29 is 4.74 Å². The van der Waals surface area contributed by atoms with Gasteiger partial charge in [-0.15, -0.1) is 6.42 Å². The van der Waals surface area contributed by atoms with Crippen molar-refractivity contribution >= 4 is 6.08 Å². The maximum Gasteiger partial charge on any atom is 0.107 e. The standard InChI is InChI=1S/C16H16N2O/c1-2-10-19-11-6-9-16-13-18(14-17-16)12-15-7-4-3-5-8-15/h1,3-9,13-14H,10-12H2/b9-6+. The lowest BCUT2D eigenvalue weighted by Gasteiger charge is -2.00. The number of aromatic nitrogens is 2. The molecule has 0 atom stereocenters.